The van der Waals surface area contributed by atoms with Crippen molar-refractivity contribution in [2.75, 3.05) is 0 Å². The molecule has 0 unspecified atom stereocenters. The van der Waals surface area contributed by atoms with Crippen LogP contribution in [0.15, 0.2) is 42.9 Å². The molecule has 0 spiro atoms. The second-order valence-corrected chi connectivity index (χ2v) is 5.13. The van der Waals surface area contributed by atoms with Crippen molar-refractivity contribution >= 4 is 0 Å². The summed E-state index contributed by atoms with van der Waals surface area (Å²) >= 11 is 0. The van der Waals surface area contributed by atoms with Gasteiger partial charge in [-0.15, -0.1) is 10.2 Å². The summed E-state index contributed by atoms with van der Waals surface area (Å²) in [6.07, 6.45) is 3.82. The molecule has 5 heteroatoms. The van der Waals surface area contributed by atoms with Crippen LogP contribution in [-0.4, -0.2) is 24.5 Å². The largest absolute Gasteiger partial charge is 0.306 e. The number of aryl methyl sites for hydroxylation is 2. The minimum Gasteiger partial charge on any atom is -0.306 e. The van der Waals surface area contributed by atoms with Gasteiger partial charge in [0.15, 0.2) is 5.82 Å². The average Bonchev–Trinajstić information content (AvgIpc) is 3.13. The quantitative estimate of drug-likeness (QED) is 0.738. The van der Waals surface area contributed by atoms with Crippen LogP contribution in [0.25, 0.3) is 11.4 Å². The molecular weight excluding hydrogens is 262 g/mol. The first-order chi connectivity index (χ1) is 10.2. The van der Waals surface area contributed by atoms with Crippen LogP contribution >= 0.6 is 0 Å². The predicted molar refractivity (Wildman–Crippen MR) is 81.9 cm³/mol. The lowest BCUT2D eigenvalue weighted by atomic mass is 10.1. The van der Waals surface area contributed by atoms with Gasteiger partial charge in [0.05, 0.1) is 17.3 Å². The van der Waals surface area contributed by atoms with E-state index in [-0.39, 0.29) is 6.04 Å². The smallest absolute Gasteiger partial charge is 0.167 e. The molecular formula is C16H19N5. The molecule has 0 amide bonds. The molecule has 0 aliphatic carbocycles. The number of rotatable bonds is 4. The summed E-state index contributed by atoms with van der Waals surface area (Å²) in [5.74, 6) is 0.864. The Labute approximate surface area is 124 Å². The van der Waals surface area contributed by atoms with E-state index >= 15 is 0 Å². The molecule has 0 bridgehead atoms. The Morgan fingerprint density at radius 3 is 2.62 bits per heavy atom. The van der Waals surface area contributed by atoms with Crippen molar-refractivity contribution in [3.63, 3.8) is 0 Å². The minimum absolute atomic E-state index is 0.181. The Kier molecular flexibility index (Phi) is 3.56. The van der Waals surface area contributed by atoms with E-state index in [1.54, 1.807) is 6.33 Å². The Balaban J connectivity index is 2.03. The molecule has 2 heterocycles. The summed E-state index contributed by atoms with van der Waals surface area (Å²) in [7, 11) is 0. The summed E-state index contributed by atoms with van der Waals surface area (Å²) in [5.41, 5.74) is 3.25. The van der Waals surface area contributed by atoms with E-state index in [1.165, 1.54) is 5.56 Å². The van der Waals surface area contributed by atoms with Crippen LogP contribution in [0.5, 0.6) is 0 Å². The molecule has 3 aromatic rings. The number of aromatic nitrogens is 5. The number of hydrogen-bond donors (Lipinski definition) is 0. The standard InChI is InChI=1S/C16H19N5/c1-4-20-10-15(12(2)19-20)16-18-17-11-21(16)13(3)14-8-6-5-7-9-14/h5-11,13H,4H2,1-3H3/t13-/m1/s1. The van der Waals surface area contributed by atoms with E-state index in [1.807, 2.05) is 23.9 Å². The van der Waals surface area contributed by atoms with Crippen molar-refractivity contribution in [3.05, 3.63) is 54.1 Å². The van der Waals surface area contributed by atoms with Gasteiger partial charge in [-0.3, -0.25) is 4.68 Å². The second kappa shape index (κ2) is 5.52. The summed E-state index contributed by atoms with van der Waals surface area (Å²) < 4.78 is 4.02. The third kappa shape index (κ3) is 2.46. The topological polar surface area (TPSA) is 48.5 Å². The Morgan fingerprint density at radius 1 is 1.19 bits per heavy atom. The molecule has 0 aliphatic heterocycles. The highest BCUT2D eigenvalue weighted by atomic mass is 15.3. The molecule has 0 saturated heterocycles. The van der Waals surface area contributed by atoms with Gasteiger partial charge in [0.2, 0.25) is 0 Å². The van der Waals surface area contributed by atoms with E-state index in [0.29, 0.717) is 0 Å². The average molecular weight is 281 g/mol. The fourth-order valence-corrected chi connectivity index (χ4v) is 2.51. The van der Waals surface area contributed by atoms with Crippen molar-refractivity contribution in [3.8, 4) is 11.4 Å². The van der Waals surface area contributed by atoms with Crippen molar-refractivity contribution in [1.82, 2.24) is 24.5 Å². The van der Waals surface area contributed by atoms with Gasteiger partial charge < -0.3 is 4.57 Å². The molecule has 0 saturated carbocycles. The Hall–Kier alpha value is -2.43. The fraction of sp³-hybridized carbons (Fsp3) is 0.312. The zero-order chi connectivity index (χ0) is 14.8. The summed E-state index contributed by atoms with van der Waals surface area (Å²) in [6.45, 7) is 7.09. The van der Waals surface area contributed by atoms with E-state index in [4.69, 9.17) is 0 Å². The Morgan fingerprint density at radius 2 is 1.95 bits per heavy atom. The molecule has 0 radical (unpaired) electrons. The normalized spacial score (nSPS) is 12.5. The van der Waals surface area contributed by atoms with Gasteiger partial charge in [-0.25, -0.2) is 0 Å². The molecule has 1 atom stereocenters. The van der Waals surface area contributed by atoms with Crippen LogP contribution in [-0.2, 0) is 6.54 Å². The van der Waals surface area contributed by atoms with Crippen molar-refractivity contribution in [2.24, 2.45) is 0 Å². The van der Waals surface area contributed by atoms with Crippen LogP contribution in [0, 0.1) is 6.92 Å². The maximum Gasteiger partial charge on any atom is 0.167 e. The maximum absolute atomic E-state index is 4.49. The SMILES string of the molecule is CCn1cc(-c2nncn2[C@H](C)c2ccccc2)c(C)n1. The van der Waals surface area contributed by atoms with Crippen molar-refractivity contribution in [2.45, 2.75) is 33.4 Å². The monoisotopic (exact) mass is 281 g/mol. The summed E-state index contributed by atoms with van der Waals surface area (Å²) in [6, 6.07) is 10.6. The number of benzene rings is 1. The third-order valence-electron chi connectivity index (χ3n) is 3.78. The molecule has 0 fully saturated rings. The summed E-state index contributed by atoms with van der Waals surface area (Å²) in [5, 5.41) is 12.9. The highest BCUT2D eigenvalue weighted by Crippen LogP contribution is 2.26. The van der Waals surface area contributed by atoms with Gasteiger partial charge in [-0.2, -0.15) is 5.10 Å². The molecule has 0 aliphatic rings. The fourth-order valence-electron chi connectivity index (χ4n) is 2.51. The van der Waals surface area contributed by atoms with Crippen molar-refractivity contribution in [1.29, 1.82) is 0 Å². The minimum atomic E-state index is 0.181. The van der Waals surface area contributed by atoms with Crippen LogP contribution in [0.1, 0.15) is 31.1 Å². The van der Waals surface area contributed by atoms with Gasteiger partial charge in [0.25, 0.3) is 0 Å². The second-order valence-electron chi connectivity index (χ2n) is 5.13. The lowest BCUT2D eigenvalue weighted by Crippen LogP contribution is -2.07. The number of hydrogen-bond acceptors (Lipinski definition) is 3. The zero-order valence-corrected chi connectivity index (χ0v) is 12.6. The van der Waals surface area contributed by atoms with E-state index in [9.17, 15) is 0 Å². The van der Waals surface area contributed by atoms with Gasteiger partial charge in [0, 0.05) is 12.7 Å². The first-order valence-corrected chi connectivity index (χ1v) is 7.19. The third-order valence-corrected chi connectivity index (χ3v) is 3.78. The number of nitrogens with zero attached hydrogens (tertiary/aromatic N) is 5. The van der Waals surface area contributed by atoms with Crippen LogP contribution in [0.4, 0.5) is 0 Å². The molecule has 21 heavy (non-hydrogen) atoms. The highest BCUT2D eigenvalue weighted by molar-refractivity contribution is 5.57. The molecule has 0 N–H and O–H groups in total. The lowest BCUT2D eigenvalue weighted by Gasteiger charge is -2.15. The van der Waals surface area contributed by atoms with Gasteiger partial charge in [0.1, 0.15) is 6.33 Å². The predicted octanol–water partition coefficient (Wildman–Crippen LogP) is 3.08. The summed E-state index contributed by atoms with van der Waals surface area (Å²) in [4.78, 5) is 0. The molecule has 2 aromatic heterocycles. The first kappa shape index (κ1) is 13.5. The van der Waals surface area contributed by atoms with Gasteiger partial charge >= 0.3 is 0 Å². The highest BCUT2D eigenvalue weighted by Gasteiger charge is 2.17. The molecule has 1 aromatic carbocycles. The van der Waals surface area contributed by atoms with E-state index in [0.717, 1.165) is 23.6 Å². The maximum atomic E-state index is 4.49. The lowest BCUT2D eigenvalue weighted by molar-refractivity contribution is 0.642. The van der Waals surface area contributed by atoms with Crippen LogP contribution in [0.2, 0.25) is 0 Å². The molecule has 3 rings (SSSR count). The first-order valence-electron chi connectivity index (χ1n) is 7.19. The van der Waals surface area contributed by atoms with Gasteiger partial charge in [-0.1, -0.05) is 30.3 Å². The van der Waals surface area contributed by atoms with Gasteiger partial charge in [-0.05, 0) is 26.3 Å². The molecule has 5 nitrogen and oxygen atoms in total. The van der Waals surface area contributed by atoms with E-state index < -0.39 is 0 Å². The van der Waals surface area contributed by atoms with Crippen molar-refractivity contribution < 1.29 is 0 Å². The van der Waals surface area contributed by atoms with Crippen LogP contribution in [0.3, 0.4) is 0 Å². The zero-order valence-electron chi connectivity index (χ0n) is 12.6. The Bertz CT molecular complexity index is 726. The van der Waals surface area contributed by atoms with Crippen LogP contribution < -0.4 is 0 Å². The molecule has 108 valence electrons. The van der Waals surface area contributed by atoms with E-state index in [2.05, 4.69) is 58.0 Å².